The molecule has 0 fully saturated rings. The molecule has 0 radical (unpaired) electrons. The molecular formula is C25H19ClF3N5O2S. The first-order chi connectivity index (χ1) is 17.7. The van der Waals surface area contributed by atoms with Gasteiger partial charge in [0.2, 0.25) is 0 Å². The maximum absolute atomic E-state index is 12.7. The lowest BCUT2D eigenvalue weighted by Crippen LogP contribution is -2.20. The van der Waals surface area contributed by atoms with E-state index in [4.69, 9.17) is 16.3 Å². The molecule has 3 aromatic carbocycles. The van der Waals surface area contributed by atoms with Crippen LogP contribution in [-0.4, -0.2) is 39.7 Å². The number of rotatable bonds is 8. The minimum Gasteiger partial charge on any atom is -0.497 e. The molecule has 0 bridgehead atoms. The van der Waals surface area contributed by atoms with Gasteiger partial charge in [0.05, 0.1) is 24.6 Å². The zero-order chi connectivity index (χ0) is 26.4. The highest BCUT2D eigenvalue weighted by Gasteiger charge is 2.29. The van der Waals surface area contributed by atoms with Gasteiger partial charge in [-0.25, -0.2) is 5.43 Å². The zero-order valence-corrected chi connectivity index (χ0v) is 20.8. The Morgan fingerprint density at radius 3 is 2.35 bits per heavy atom. The molecule has 4 rings (SSSR count). The lowest BCUT2D eigenvalue weighted by Gasteiger charge is -2.11. The van der Waals surface area contributed by atoms with Crippen LogP contribution in [0.4, 0.5) is 13.2 Å². The molecule has 4 aromatic rings. The second-order valence-corrected chi connectivity index (χ2v) is 8.93. The summed E-state index contributed by atoms with van der Waals surface area (Å²) in [6.45, 7) is 0. The van der Waals surface area contributed by atoms with Crippen LogP contribution < -0.4 is 10.2 Å². The van der Waals surface area contributed by atoms with Gasteiger partial charge in [-0.15, -0.1) is 10.2 Å². The second-order valence-electron chi connectivity index (χ2n) is 7.55. The summed E-state index contributed by atoms with van der Waals surface area (Å²) in [4.78, 5) is 12.3. The van der Waals surface area contributed by atoms with E-state index >= 15 is 0 Å². The van der Waals surface area contributed by atoms with Crippen molar-refractivity contribution in [1.82, 2.24) is 20.2 Å². The van der Waals surface area contributed by atoms with Gasteiger partial charge < -0.3 is 4.74 Å². The fourth-order valence-corrected chi connectivity index (χ4v) is 4.08. The molecule has 0 saturated heterocycles. The Hall–Kier alpha value is -3.83. The molecule has 190 valence electrons. The summed E-state index contributed by atoms with van der Waals surface area (Å²) < 4.78 is 45.0. The Kier molecular flexibility index (Phi) is 8.14. The lowest BCUT2D eigenvalue weighted by atomic mass is 10.1. The smallest absolute Gasteiger partial charge is 0.416 e. The number of nitrogens with one attached hydrogen (secondary N) is 1. The second kappa shape index (κ2) is 11.5. The normalized spacial score (nSPS) is 11.6. The number of thioether (sulfide) groups is 1. The molecule has 0 aliphatic carbocycles. The van der Waals surface area contributed by atoms with Gasteiger partial charge >= 0.3 is 6.18 Å². The highest BCUT2D eigenvalue weighted by Crippen LogP contribution is 2.30. The number of amides is 1. The standard InChI is InChI=1S/C25H19ClF3N5O2S/c1-36-21-12-4-17(5-13-21)23-32-33-24(34(23)20-10-8-19(26)9-11-20)37-15-22(35)31-30-14-16-2-6-18(7-3-16)25(27,28)29/h2-14H,15H2,1H3,(H,31,35)/b30-14-. The van der Waals surface area contributed by atoms with Crippen LogP contribution in [0.1, 0.15) is 11.1 Å². The summed E-state index contributed by atoms with van der Waals surface area (Å²) in [5, 5.41) is 13.4. The Balaban J connectivity index is 1.46. The summed E-state index contributed by atoms with van der Waals surface area (Å²) in [6, 6.07) is 18.9. The number of carbonyl (C=O) groups is 1. The molecule has 0 spiro atoms. The number of hydrogen-bond acceptors (Lipinski definition) is 6. The average molecular weight is 546 g/mol. The average Bonchev–Trinajstić information content (AvgIpc) is 3.31. The monoisotopic (exact) mass is 545 g/mol. The molecular weight excluding hydrogens is 527 g/mol. The van der Waals surface area contributed by atoms with Crippen LogP contribution in [0, 0.1) is 0 Å². The van der Waals surface area contributed by atoms with Crippen LogP contribution in [0.5, 0.6) is 5.75 Å². The van der Waals surface area contributed by atoms with Crippen LogP contribution in [0.15, 0.2) is 83.1 Å². The minimum atomic E-state index is -4.42. The molecule has 37 heavy (non-hydrogen) atoms. The molecule has 1 heterocycles. The summed E-state index contributed by atoms with van der Waals surface area (Å²) in [5.41, 5.74) is 3.56. The third kappa shape index (κ3) is 6.69. The number of carbonyl (C=O) groups excluding carboxylic acids is 1. The fraction of sp³-hybridized carbons (Fsp3) is 0.120. The number of alkyl halides is 3. The number of ether oxygens (including phenoxy) is 1. The molecule has 0 aliphatic rings. The van der Waals surface area contributed by atoms with Crippen LogP contribution in [-0.2, 0) is 11.0 Å². The predicted octanol–water partition coefficient (Wildman–Crippen LogP) is 5.86. The van der Waals surface area contributed by atoms with E-state index in [1.54, 1.807) is 19.2 Å². The molecule has 0 aliphatic heterocycles. The maximum Gasteiger partial charge on any atom is 0.416 e. The Labute approximate surface area is 219 Å². The number of benzene rings is 3. The van der Waals surface area contributed by atoms with Crippen molar-refractivity contribution >= 4 is 35.5 Å². The van der Waals surface area contributed by atoms with Gasteiger partial charge in [-0.2, -0.15) is 18.3 Å². The molecule has 0 saturated carbocycles. The van der Waals surface area contributed by atoms with E-state index in [-0.39, 0.29) is 5.75 Å². The van der Waals surface area contributed by atoms with E-state index < -0.39 is 17.6 Å². The summed E-state index contributed by atoms with van der Waals surface area (Å²) in [6.07, 6.45) is -3.15. The Morgan fingerprint density at radius 1 is 1.05 bits per heavy atom. The Bertz CT molecular complexity index is 1390. The van der Waals surface area contributed by atoms with E-state index in [9.17, 15) is 18.0 Å². The van der Waals surface area contributed by atoms with Crippen LogP contribution in [0.3, 0.4) is 0 Å². The highest BCUT2D eigenvalue weighted by atomic mass is 35.5. The third-order valence-corrected chi connectivity index (χ3v) is 6.22. The van der Waals surface area contributed by atoms with Crippen molar-refractivity contribution in [2.45, 2.75) is 11.3 Å². The number of methoxy groups -OCH3 is 1. The number of hydrogen-bond donors (Lipinski definition) is 1. The van der Waals surface area contributed by atoms with E-state index in [0.717, 1.165) is 35.1 Å². The van der Waals surface area contributed by atoms with Crippen molar-refractivity contribution in [3.63, 3.8) is 0 Å². The third-order valence-electron chi connectivity index (χ3n) is 5.04. The number of nitrogens with zero attached hydrogens (tertiary/aromatic N) is 4. The number of aromatic nitrogens is 3. The molecule has 1 N–H and O–H groups in total. The SMILES string of the molecule is COc1ccc(-c2nnc(SCC(=O)N/N=C\c3ccc(C(F)(F)F)cc3)n2-c2ccc(Cl)cc2)cc1. The van der Waals surface area contributed by atoms with Crippen LogP contribution >= 0.6 is 23.4 Å². The van der Waals surface area contributed by atoms with Crippen molar-refractivity contribution in [3.8, 4) is 22.8 Å². The molecule has 0 unspecified atom stereocenters. The van der Waals surface area contributed by atoms with Gasteiger partial charge in [0.25, 0.3) is 5.91 Å². The molecule has 1 aromatic heterocycles. The summed E-state index contributed by atoms with van der Waals surface area (Å²) in [5.74, 6) is 0.807. The minimum absolute atomic E-state index is 0.0291. The lowest BCUT2D eigenvalue weighted by molar-refractivity contribution is -0.137. The first-order valence-corrected chi connectivity index (χ1v) is 12.1. The van der Waals surface area contributed by atoms with E-state index in [1.165, 1.54) is 18.3 Å². The van der Waals surface area contributed by atoms with Gasteiger partial charge in [0.15, 0.2) is 11.0 Å². The largest absolute Gasteiger partial charge is 0.497 e. The van der Waals surface area contributed by atoms with Crippen molar-refractivity contribution in [2.75, 3.05) is 12.9 Å². The molecule has 12 heteroatoms. The summed E-state index contributed by atoms with van der Waals surface area (Å²) >= 11 is 7.20. The van der Waals surface area contributed by atoms with E-state index in [1.807, 2.05) is 41.0 Å². The zero-order valence-electron chi connectivity index (χ0n) is 19.2. The first-order valence-electron chi connectivity index (χ1n) is 10.7. The molecule has 7 nitrogen and oxygen atoms in total. The van der Waals surface area contributed by atoms with Crippen molar-refractivity contribution in [2.24, 2.45) is 5.10 Å². The Morgan fingerprint density at radius 2 is 1.73 bits per heavy atom. The summed E-state index contributed by atoms with van der Waals surface area (Å²) in [7, 11) is 1.58. The van der Waals surface area contributed by atoms with E-state index in [0.29, 0.717) is 27.3 Å². The predicted molar refractivity (Wildman–Crippen MR) is 136 cm³/mol. The number of halogens is 4. The maximum atomic E-state index is 12.7. The molecule has 0 atom stereocenters. The van der Waals surface area contributed by atoms with Crippen molar-refractivity contribution < 1.29 is 22.7 Å². The van der Waals surface area contributed by atoms with Crippen molar-refractivity contribution in [1.29, 1.82) is 0 Å². The first kappa shape index (κ1) is 26.2. The number of hydrazone groups is 1. The topological polar surface area (TPSA) is 81.4 Å². The van der Waals surface area contributed by atoms with Crippen LogP contribution in [0.25, 0.3) is 17.1 Å². The quantitative estimate of drug-likeness (QED) is 0.170. The van der Waals surface area contributed by atoms with Crippen LogP contribution in [0.2, 0.25) is 5.02 Å². The van der Waals surface area contributed by atoms with Crippen molar-refractivity contribution in [3.05, 3.63) is 88.9 Å². The fourth-order valence-electron chi connectivity index (χ4n) is 3.21. The highest BCUT2D eigenvalue weighted by molar-refractivity contribution is 7.99. The van der Waals surface area contributed by atoms with Gasteiger partial charge in [-0.1, -0.05) is 35.5 Å². The van der Waals surface area contributed by atoms with Gasteiger partial charge in [0.1, 0.15) is 5.75 Å². The van der Waals surface area contributed by atoms with E-state index in [2.05, 4.69) is 20.7 Å². The van der Waals surface area contributed by atoms with Gasteiger partial charge in [0, 0.05) is 16.3 Å². The molecule has 1 amide bonds. The van der Waals surface area contributed by atoms with Gasteiger partial charge in [-0.3, -0.25) is 9.36 Å². The van der Waals surface area contributed by atoms with Gasteiger partial charge in [-0.05, 0) is 66.2 Å².